The number of anilines is 1. The standard InChI is InChI=1S/C40H53N9O10/c1-41-32(50)18-19-42-20-22-48(2)40(58)59-27-29-12-14-30(15-13-29)46-35(53)26-45-39(57)31(23-28-9-5-3-6-10-28)47-36(54)25-44-34(52)24-43-33(51)11-7-4-8-21-49-37(55)16-17-38(49)56/h3,5-6,9-10,12-17,31,42H,4,7-8,11,18-27H2,1-2H3,(H,41,50)(H,43,51)(H,44,52)(H,45,57)(H,46,53)(H,47,54)/t31-/m0/s1. The van der Waals surface area contributed by atoms with Gasteiger partial charge in [0.05, 0.1) is 19.6 Å². The number of imide groups is 1. The highest BCUT2D eigenvalue weighted by molar-refractivity contribution is 6.12. The summed E-state index contributed by atoms with van der Waals surface area (Å²) >= 11 is 0. The molecule has 3 rings (SSSR count). The van der Waals surface area contributed by atoms with Crippen molar-refractivity contribution in [1.29, 1.82) is 0 Å². The summed E-state index contributed by atoms with van der Waals surface area (Å²) in [5, 5.41) is 18.3. The Morgan fingerprint density at radius 2 is 1.36 bits per heavy atom. The normalized spacial score (nSPS) is 12.3. The minimum atomic E-state index is -1.08. The van der Waals surface area contributed by atoms with E-state index < -0.39 is 48.9 Å². The van der Waals surface area contributed by atoms with Gasteiger partial charge in [-0.15, -0.1) is 0 Å². The Labute approximate surface area is 342 Å². The number of likely N-dealkylation sites (N-methyl/N-ethyl adjacent to an activating group) is 1. The Morgan fingerprint density at radius 1 is 0.695 bits per heavy atom. The minimum Gasteiger partial charge on any atom is -0.445 e. The monoisotopic (exact) mass is 819 g/mol. The Bertz CT molecular complexity index is 1790. The van der Waals surface area contributed by atoms with Gasteiger partial charge in [-0.2, -0.15) is 0 Å². The smallest absolute Gasteiger partial charge is 0.409 e. The van der Waals surface area contributed by atoms with E-state index in [2.05, 4.69) is 37.2 Å². The fraction of sp³-hybridized carbons (Fsp3) is 0.425. The van der Waals surface area contributed by atoms with E-state index in [9.17, 15) is 43.2 Å². The lowest BCUT2D eigenvalue weighted by molar-refractivity contribution is -0.137. The Morgan fingerprint density at radius 3 is 2.05 bits per heavy atom. The summed E-state index contributed by atoms with van der Waals surface area (Å²) in [5.74, 6) is -3.61. The second-order valence-electron chi connectivity index (χ2n) is 13.4. The molecular formula is C40H53N9O10. The van der Waals surface area contributed by atoms with Gasteiger partial charge in [-0.1, -0.05) is 48.9 Å². The summed E-state index contributed by atoms with van der Waals surface area (Å²) in [6.07, 6.45) is 4.10. The molecule has 1 aliphatic rings. The van der Waals surface area contributed by atoms with Crippen molar-refractivity contribution in [1.82, 2.24) is 41.7 Å². The van der Waals surface area contributed by atoms with Gasteiger partial charge in [0.2, 0.25) is 35.4 Å². The molecule has 9 amide bonds. The van der Waals surface area contributed by atoms with Gasteiger partial charge < -0.3 is 46.9 Å². The van der Waals surface area contributed by atoms with E-state index in [1.807, 2.05) is 0 Å². The zero-order valence-electron chi connectivity index (χ0n) is 33.3. The lowest BCUT2D eigenvalue weighted by Crippen LogP contribution is -2.52. The van der Waals surface area contributed by atoms with E-state index in [-0.39, 0.29) is 56.2 Å². The number of amides is 9. The summed E-state index contributed by atoms with van der Waals surface area (Å²) in [5.41, 5.74) is 1.85. The highest BCUT2D eigenvalue weighted by Gasteiger charge is 2.23. The number of hydrogen-bond acceptors (Lipinski definition) is 11. The maximum Gasteiger partial charge on any atom is 0.409 e. The van der Waals surface area contributed by atoms with Crippen molar-refractivity contribution in [3.8, 4) is 0 Å². The van der Waals surface area contributed by atoms with Gasteiger partial charge in [-0.05, 0) is 36.1 Å². The molecule has 318 valence electrons. The third kappa shape index (κ3) is 18.5. The number of carbonyl (C=O) groups excluding carboxylic acids is 9. The fourth-order valence-electron chi connectivity index (χ4n) is 5.42. The number of nitrogens with zero attached hydrogens (tertiary/aromatic N) is 2. The summed E-state index contributed by atoms with van der Waals surface area (Å²) < 4.78 is 5.34. The van der Waals surface area contributed by atoms with E-state index in [0.717, 1.165) is 10.5 Å². The average molecular weight is 820 g/mol. The van der Waals surface area contributed by atoms with Crippen LogP contribution in [0.15, 0.2) is 66.7 Å². The topological polar surface area (TPSA) is 254 Å². The zero-order chi connectivity index (χ0) is 43.0. The molecule has 19 heteroatoms. The van der Waals surface area contributed by atoms with Crippen LogP contribution in [0.5, 0.6) is 0 Å². The molecule has 2 aromatic carbocycles. The van der Waals surface area contributed by atoms with Crippen molar-refractivity contribution in [2.45, 2.75) is 51.2 Å². The van der Waals surface area contributed by atoms with Gasteiger partial charge in [-0.3, -0.25) is 43.3 Å². The molecule has 0 spiro atoms. The molecule has 0 bridgehead atoms. The Hall–Kier alpha value is -6.63. The van der Waals surface area contributed by atoms with Crippen LogP contribution in [0.1, 0.15) is 43.2 Å². The molecule has 7 N–H and O–H groups in total. The first-order valence-electron chi connectivity index (χ1n) is 19.2. The molecule has 0 aliphatic carbocycles. The summed E-state index contributed by atoms with van der Waals surface area (Å²) in [7, 11) is 3.17. The molecule has 0 unspecified atom stereocenters. The van der Waals surface area contributed by atoms with Gasteiger partial charge in [0.15, 0.2) is 0 Å². The average Bonchev–Trinajstić information content (AvgIpc) is 3.55. The first-order chi connectivity index (χ1) is 28.3. The van der Waals surface area contributed by atoms with Gasteiger partial charge in [0.1, 0.15) is 12.6 Å². The highest BCUT2D eigenvalue weighted by Crippen LogP contribution is 2.12. The lowest BCUT2D eigenvalue weighted by atomic mass is 10.1. The quantitative estimate of drug-likeness (QED) is 0.0496. The van der Waals surface area contributed by atoms with E-state index >= 15 is 0 Å². The molecule has 1 atom stereocenters. The molecule has 1 heterocycles. The largest absolute Gasteiger partial charge is 0.445 e. The van der Waals surface area contributed by atoms with E-state index in [4.69, 9.17) is 4.74 Å². The molecule has 59 heavy (non-hydrogen) atoms. The van der Waals surface area contributed by atoms with Gasteiger partial charge in [0, 0.05) is 77.4 Å². The molecule has 0 saturated carbocycles. The van der Waals surface area contributed by atoms with Crippen LogP contribution < -0.4 is 37.2 Å². The van der Waals surface area contributed by atoms with Crippen LogP contribution in [0, 0.1) is 0 Å². The fourth-order valence-corrected chi connectivity index (χ4v) is 5.42. The molecule has 0 fully saturated rings. The van der Waals surface area contributed by atoms with Gasteiger partial charge in [0.25, 0.3) is 11.8 Å². The zero-order valence-corrected chi connectivity index (χ0v) is 33.3. The molecular weight excluding hydrogens is 766 g/mol. The van der Waals surface area contributed by atoms with Crippen LogP contribution >= 0.6 is 0 Å². The third-order valence-electron chi connectivity index (χ3n) is 8.78. The van der Waals surface area contributed by atoms with Crippen LogP contribution in [-0.2, 0) is 56.1 Å². The number of nitrogens with one attached hydrogen (secondary N) is 7. The second-order valence-corrected chi connectivity index (χ2v) is 13.4. The van der Waals surface area contributed by atoms with E-state index in [1.54, 1.807) is 68.7 Å². The molecule has 1 aliphatic heterocycles. The maximum atomic E-state index is 13.2. The van der Waals surface area contributed by atoms with Crippen LogP contribution in [0.25, 0.3) is 0 Å². The molecule has 0 aromatic heterocycles. The number of carbonyl (C=O) groups is 9. The maximum absolute atomic E-state index is 13.2. The van der Waals surface area contributed by atoms with Crippen molar-refractivity contribution < 1.29 is 47.9 Å². The van der Waals surface area contributed by atoms with E-state index in [1.165, 1.54) is 17.1 Å². The SMILES string of the molecule is CNC(=O)CCNCCN(C)C(=O)OCc1ccc(NC(=O)CNC(=O)[C@H](Cc2ccccc2)NC(=O)CNC(=O)CNC(=O)CCCCCN2C(=O)C=CC2=O)cc1. The Kier molecular flexibility index (Phi) is 20.3. The van der Waals surface area contributed by atoms with Crippen molar-refractivity contribution in [3.05, 3.63) is 77.9 Å². The van der Waals surface area contributed by atoms with Gasteiger partial charge >= 0.3 is 6.09 Å². The van der Waals surface area contributed by atoms with Crippen LogP contribution in [0.2, 0.25) is 0 Å². The first kappa shape index (κ1) is 46.8. The first-order valence-corrected chi connectivity index (χ1v) is 19.2. The number of hydrogen-bond donors (Lipinski definition) is 7. The highest BCUT2D eigenvalue weighted by atomic mass is 16.6. The van der Waals surface area contributed by atoms with Crippen LogP contribution in [0.4, 0.5) is 10.5 Å². The summed E-state index contributed by atoms with van der Waals surface area (Å²) in [6.45, 7) is 0.385. The number of benzene rings is 2. The van der Waals surface area contributed by atoms with Crippen molar-refractivity contribution >= 4 is 59.0 Å². The van der Waals surface area contributed by atoms with Crippen molar-refractivity contribution in [2.75, 3.05) is 65.2 Å². The van der Waals surface area contributed by atoms with Crippen molar-refractivity contribution in [2.24, 2.45) is 0 Å². The second kappa shape index (κ2) is 25.6. The minimum absolute atomic E-state index is 0.00241. The molecule has 0 saturated heterocycles. The predicted molar refractivity (Wildman–Crippen MR) is 215 cm³/mol. The molecule has 19 nitrogen and oxygen atoms in total. The summed E-state index contributed by atoms with van der Waals surface area (Å²) in [4.78, 5) is 112. The van der Waals surface area contributed by atoms with E-state index in [0.29, 0.717) is 56.6 Å². The van der Waals surface area contributed by atoms with Gasteiger partial charge in [-0.25, -0.2) is 4.79 Å². The van der Waals surface area contributed by atoms with Crippen molar-refractivity contribution in [3.63, 3.8) is 0 Å². The number of unbranched alkanes of at least 4 members (excludes halogenated alkanes) is 2. The third-order valence-corrected chi connectivity index (χ3v) is 8.78. The Balaban J connectivity index is 1.36. The number of ether oxygens (including phenoxy) is 1. The van der Waals surface area contributed by atoms with Crippen LogP contribution in [-0.4, -0.2) is 129 Å². The van der Waals surface area contributed by atoms with Crippen LogP contribution in [0.3, 0.4) is 0 Å². The molecule has 0 radical (unpaired) electrons. The molecule has 2 aromatic rings. The lowest BCUT2D eigenvalue weighted by Gasteiger charge is -2.19. The number of rotatable bonds is 25. The summed E-state index contributed by atoms with van der Waals surface area (Å²) in [6, 6.07) is 14.4. The predicted octanol–water partition coefficient (Wildman–Crippen LogP) is -0.519.